The smallest absolute Gasteiger partial charge is 0.306 e. The molecule has 0 bridgehead atoms. The molecule has 2 atom stereocenters. The van der Waals surface area contributed by atoms with Crippen LogP contribution in [-0.4, -0.2) is 84.9 Å². The number of aliphatic hydroxyl groups excluding tert-OH is 1. The van der Waals surface area contributed by atoms with Crippen LogP contribution in [-0.2, 0) is 19.1 Å². The van der Waals surface area contributed by atoms with Gasteiger partial charge in [0.15, 0.2) is 0 Å². The quantitative estimate of drug-likeness (QED) is 0.0371. The Balaban J connectivity index is 1.83. The summed E-state index contributed by atoms with van der Waals surface area (Å²) in [6, 6.07) is 1.33. The molecule has 0 saturated heterocycles. The van der Waals surface area contributed by atoms with Crippen LogP contribution in [0.5, 0.6) is 0 Å². The van der Waals surface area contributed by atoms with Crippen molar-refractivity contribution >= 4 is 11.9 Å². The Morgan fingerprint density at radius 3 is 1.58 bits per heavy atom. The molecule has 7 nitrogen and oxygen atoms in total. The van der Waals surface area contributed by atoms with Gasteiger partial charge in [0.2, 0.25) is 0 Å². The van der Waals surface area contributed by atoms with E-state index >= 15 is 0 Å². The van der Waals surface area contributed by atoms with E-state index in [0.717, 1.165) is 90.4 Å². The van der Waals surface area contributed by atoms with E-state index in [-0.39, 0.29) is 24.5 Å². The normalized spacial score (nSPS) is 16.0. The first kappa shape index (κ1) is 56.4. The summed E-state index contributed by atoms with van der Waals surface area (Å²) in [4.78, 5) is 31.6. The molecule has 0 aromatic heterocycles. The van der Waals surface area contributed by atoms with E-state index in [1.54, 1.807) is 0 Å². The number of unbranched alkanes of at least 4 members (excludes halogenated alkanes) is 17. The van der Waals surface area contributed by atoms with Crippen LogP contribution < -0.4 is 0 Å². The van der Waals surface area contributed by atoms with Crippen molar-refractivity contribution in [2.75, 3.05) is 46.0 Å². The summed E-state index contributed by atoms with van der Waals surface area (Å²) in [5.74, 6) is 0.270. The minimum absolute atomic E-state index is 0.0358. The van der Waals surface area contributed by atoms with Crippen molar-refractivity contribution in [3.05, 3.63) is 24.3 Å². The summed E-state index contributed by atoms with van der Waals surface area (Å²) in [6.07, 6.45) is 50.1. The monoisotopic (exact) mass is 871 g/mol. The van der Waals surface area contributed by atoms with Crippen LogP contribution in [0.3, 0.4) is 0 Å². The SMILES string of the molecule is CCCCC/C=C\C/C=C\CCCCCCCC(=O)OCC(CCCCN(CCN(CCO)C1CCCC1)C1CCC1)COC(=O)CC(CCCCCC)CCCCCCCC. The van der Waals surface area contributed by atoms with E-state index in [1.165, 1.54) is 148 Å². The number of rotatable bonds is 44. The van der Waals surface area contributed by atoms with E-state index < -0.39 is 0 Å². The largest absolute Gasteiger partial charge is 0.465 e. The van der Waals surface area contributed by atoms with E-state index in [4.69, 9.17) is 9.47 Å². The molecule has 1 N–H and O–H groups in total. The number of aliphatic hydroxyl groups is 1. The van der Waals surface area contributed by atoms with Crippen molar-refractivity contribution in [2.45, 2.75) is 258 Å². The van der Waals surface area contributed by atoms with Gasteiger partial charge in [-0.3, -0.25) is 19.4 Å². The summed E-state index contributed by atoms with van der Waals surface area (Å²) < 4.78 is 12.0. The number of nitrogens with zero attached hydrogens (tertiary/aromatic N) is 2. The lowest BCUT2D eigenvalue weighted by atomic mass is 9.91. The van der Waals surface area contributed by atoms with Crippen molar-refractivity contribution in [1.29, 1.82) is 0 Å². The first-order valence-corrected chi connectivity index (χ1v) is 27.2. The van der Waals surface area contributed by atoms with Gasteiger partial charge in [0.05, 0.1) is 19.8 Å². The van der Waals surface area contributed by atoms with Crippen LogP contribution in [0.2, 0.25) is 0 Å². The Labute approximate surface area is 384 Å². The lowest BCUT2D eigenvalue weighted by Crippen LogP contribution is -2.47. The molecule has 2 aliphatic rings. The molecule has 0 aromatic rings. The molecular weight excluding hydrogens is 769 g/mol. The van der Waals surface area contributed by atoms with Gasteiger partial charge in [-0.2, -0.15) is 0 Å². The fourth-order valence-electron chi connectivity index (χ4n) is 9.61. The van der Waals surface area contributed by atoms with Crippen LogP contribution in [0, 0.1) is 11.8 Å². The first-order valence-electron chi connectivity index (χ1n) is 27.2. The standard InChI is InChI=1S/C55H102N2O5/c1-4-7-10-13-15-16-17-18-19-20-21-22-23-25-28-41-54(59)61-48-51(49-62-55(60)47-50(34-26-12-9-6-3)35-27-24-14-11-8-5-2)36-31-32-42-56(53-39-33-40-53)43-44-57(45-46-58)52-37-29-30-38-52/h15-16,18-19,50-53,58H,4-14,17,20-49H2,1-3H3/b16-15-,19-18-. The van der Waals surface area contributed by atoms with Gasteiger partial charge < -0.3 is 14.6 Å². The molecule has 0 spiro atoms. The molecule has 0 aliphatic heterocycles. The minimum Gasteiger partial charge on any atom is -0.465 e. The molecule has 0 amide bonds. The van der Waals surface area contributed by atoms with Crippen molar-refractivity contribution < 1.29 is 24.2 Å². The Bertz CT molecular complexity index is 1090. The highest BCUT2D eigenvalue weighted by atomic mass is 16.5. The number of hydrogen-bond donors (Lipinski definition) is 1. The fraction of sp³-hybridized carbons (Fsp3) is 0.891. The topological polar surface area (TPSA) is 79.3 Å². The molecule has 2 unspecified atom stereocenters. The lowest BCUT2D eigenvalue weighted by molar-refractivity contribution is -0.150. The first-order chi connectivity index (χ1) is 30.5. The zero-order valence-corrected chi connectivity index (χ0v) is 41.3. The van der Waals surface area contributed by atoms with Crippen molar-refractivity contribution in [3.63, 3.8) is 0 Å². The molecule has 2 saturated carbocycles. The van der Waals surface area contributed by atoms with Gasteiger partial charge in [-0.05, 0) is 102 Å². The fourth-order valence-corrected chi connectivity index (χ4v) is 9.61. The molecular formula is C55H102N2O5. The number of allylic oxidation sites excluding steroid dienone is 4. The van der Waals surface area contributed by atoms with Crippen LogP contribution >= 0.6 is 0 Å². The third-order valence-corrected chi connectivity index (χ3v) is 14.0. The molecule has 0 heterocycles. The Kier molecular flexibility index (Phi) is 37.1. The van der Waals surface area contributed by atoms with Gasteiger partial charge in [0.1, 0.15) is 0 Å². The van der Waals surface area contributed by atoms with Gasteiger partial charge in [-0.15, -0.1) is 0 Å². The van der Waals surface area contributed by atoms with Gasteiger partial charge in [0, 0.05) is 50.5 Å². The number of esters is 2. The Hall–Kier alpha value is -1.70. The van der Waals surface area contributed by atoms with Crippen LogP contribution in [0.4, 0.5) is 0 Å². The highest BCUT2D eigenvalue weighted by Gasteiger charge is 2.27. The number of carbonyl (C=O) groups excluding carboxylic acids is 2. The summed E-state index contributed by atoms with van der Waals surface area (Å²) in [7, 11) is 0. The average molecular weight is 871 g/mol. The summed E-state index contributed by atoms with van der Waals surface area (Å²) in [5, 5.41) is 9.79. The maximum Gasteiger partial charge on any atom is 0.306 e. The van der Waals surface area contributed by atoms with Crippen LogP contribution in [0.1, 0.15) is 245 Å². The van der Waals surface area contributed by atoms with Gasteiger partial charge in [-0.25, -0.2) is 0 Å². The molecule has 62 heavy (non-hydrogen) atoms. The molecule has 2 rings (SSSR count). The van der Waals surface area contributed by atoms with E-state index in [1.807, 2.05) is 0 Å². The molecule has 2 fully saturated rings. The zero-order valence-electron chi connectivity index (χ0n) is 41.3. The zero-order chi connectivity index (χ0) is 44.6. The molecule has 0 radical (unpaired) electrons. The maximum absolute atomic E-state index is 13.4. The van der Waals surface area contributed by atoms with E-state index in [0.29, 0.717) is 44.1 Å². The van der Waals surface area contributed by atoms with Crippen molar-refractivity contribution in [3.8, 4) is 0 Å². The summed E-state index contributed by atoms with van der Waals surface area (Å²) >= 11 is 0. The van der Waals surface area contributed by atoms with Crippen molar-refractivity contribution in [2.24, 2.45) is 11.8 Å². The second-order valence-corrected chi connectivity index (χ2v) is 19.5. The predicted molar refractivity (Wildman–Crippen MR) is 264 cm³/mol. The lowest BCUT2D eigenvalue weighted by Gasteiger charge is -2.39. The Morgan fingerprint density at radius 1 is 0.516 bits per heavy atom. The minimum atomic E-state index is -0.107. The highest BCUT2D eigenvalue weighted by Crippen LogP contribution is 2.28. The number of ether oxygens (including phenoxy) is 2. The number of hydrogen-bond acceptors (Lipinski definition) is 7. The van der Waals surface area contributed by atoms with E-state index in [2.05, 4.69) is 54.9 Å². The summed E-state index contributed by atoms with van der Waals surface area (Å²) in [6.45, 7) is 11.7. The van der Waals surface area contributed by atoms with Crippen LogP contribution in [0.15, 0.2) is 24.3 Å². The predicted octanol–water partition coefficient (Wildman–Crippen LogP) is 14.5. The highest BCUT2D eigenvalue weighted by molar-refractivity contribution is 5.70. The third-order valence-electron chi connectivity index (χ3n) is 14.0. The second-order valence-electron chi connectivity index (χ2n) is 19.5. The van der Waals surface area contributed by atoms with Gasteiger partial charge >= 0.3 is 11.9 Å². The average Bonchev–Trinajstić information content (AvgIpc) is 3.80. The van der Waals surface area contributed by atoms with E-state index in [9.17, 15) is 14.7 Å². The van der Waals surface area contributed by atoms with Gasteiger partial charge in [0.25, 0.3) is 0 Å². The molecule has 7 heteroatoms. The number of carbonyl (C=O) groups is 2. The molecule has 0 aromatic carbocycles. The molecule has 362 valence electrons. The molecule has 2 aliphatic carbocycles. The van der Waals surface area contributed by atoms with Gasteiger partial charge in [-0.1, -0.05) is 167 Å². The van der Waals surface area contributed by atoms with Crippen LogP contribution in [0.25, 0.3) is 0 Å². The summed E-state index contributed by atoms with van der Waals surface area (Å²) in [5.41, 5.74) is 0. The maximum atomic E-state index is 13.4. The Morgan fingerprint density at radius 2 is 0.984 bits per heavy atom. The van der Waals surface area contributed by atoms with Crippen molar-refractivity contribution in [1.82, 2.24) is 9.80 Å². The second kappa shape index (κ2) is 40.8. The third kappa shape index (κ3) is 30.4.